The highest BCUT2D eigenvalue weighted by atomic mass is 79.9. The molecule has 0 amide bonds. The van der Waals surface area contributed by atoms with Gasteiger partial charge in [0.1, 0.15) is 4.83 Å². The molecule has 0 bridgehead atoms. The Bertz CT molecular complexity index is 1830. The molecule has 0 saturated carbocycles. The Kier molecular flexibility index (Phi) is 4.16. The predicted octanol–water partition coefficient (Wildman–Crippen LogP) is 8.37. The van der Waals surface area contributed by atoms with E-state index in [0.717, 1.165) is 37.0 Å². The van der Waals surface area contributed by atoms with E-state index < -0.39 is 0 Å². The van der Waals surface area contributed by atoms with Gasteiger partial charge >= 0.3 is 0 Å². The minimum absolute atomic E-state index is 0.696. The summed E-state index contributed by atoms with van der Waals surface area (Å²) in [6.45, 7) is 0. The fourth-order valence-electron chi connectivity index (χ4n) is 4.68. The molecule has 0 atom stereocenters. The minimum atomic E-state index is 0.696. The van der Waals surface area contributed by atoms with Crippen molar-refractivity contribution in [2.75, 3.05) is 0 Å². The molecule has 0 unspecified atom stereocenters. The number of fused-ring (bicyclic) bond motifs is 6. The fourth-order valence-corrected chi connectivity index (χ4v) is 6.11. The highest BCUT2D eigenvalue weighted by Crippen LogP contribution is 2.40. The summed E-state index contributed by atoms with van der Waals surface area (Å²) in [5, 5.41) is 4.69. The largest absolute Gasteiger partial charge is 0.278 e. The lowest BCUT2D eigenvalue weighted by Gasteiger charge is -2.10. The Balaban J connectivity index is 1.65. The van der Waals surface area contributed by atoms with Gasteiger partial charge in [-0.1, -0.05) is 82.7 Å². The van der Waals surface area contributed by atoms with Crippen LogP contribution in [0.4, 0.5) is 0 Å². The monoisotopic (exact) mass is 505 g/mol. The van der Waals surface area contributed by atoms with Gasteiger partial charge in [0.25, 0.3) is 0 Å². The molecule has 0 spiro atoms. The zero-order chi connectivity index (χ0) is 21.9. The lowest BCUT2D eigenvalue weighted by molar-refractivity contribution is 1.02. The number of hydrogen-bond donors (Lipinski definition) is 0. The Labute approximate surface area is 202 Å². The van der Waals surface area contributed by atoms with Crippen molar-refractivity contribution in [1.82, 2.24) is 14.5 Å². The molecule has 0 aliphatic rings. The zero-order valence-electron chi connectivity index (χ0n) is 17.4. The van der Waals surface area contributed by atoms with E-state index in [9.17, 15) is 0 Å². The molecule has 33 heavy (non-hydrogen) atoms. The number of aromatic nitrogens is 3. The first kappa shape index (κ1) is 19.0. The van der Waals surface area contributed by atoms with Crippen molar-refractivity contribution >= 4 is 69.4 Å². The lowest BCUT2D eigenvalue weighted by Crippen LogP contribution is -2.02. The van der Waals surface area contributed by atoms with E-state index in [1.807, 2.05) is 6.07 Å². The van der Waals surface area contributed by atoms with Crippen molar-refractivity contribution in [1.29, 1.82) is 0 Å². The molecule has 156 valence electrons. The Morgan fingerprint density at radius 1 is 0.667 bits per heavy atom. The van der Waals surface area contributed by atoms with Gasteiger partial charge in [-0.3, -0.25) is 4.57 Å². The van der Waals surface area contributed by atoms with Crippen molar-refractivity contribution in [3.63, 3.8) is 0 Å². The molecule has 7 aromatic rings. The van der Waals surface area contributed by atoms with Crippen molar-refractivity contribution in [2.45, 2.75) is 0 Å². The van der Waals surface area contributed by atoms with Crippen molar-refractivity contribution in [2.24, 2.45) is 0 Å². The van der Waals surface area contributed by atoms with E-state index >= 15 is 0 Å². The summed E-state index contributed by atoms with van der Waals surface area (Å²) in [5.41, 5.74) is 4.26. The van der Waals surface area contributed by atoms with Gasteiger partial charge in [0, 0.05) is 36.3 Å². The Morgan fingerprint density at radius 2 is 1.39 bits per heavy atom. The van der Waals surface area contributed by atoms with Gasteiger partial charge in [-0.25, -0.2) is 9.97 Å². The maximum Gasteiger partial charge on any atom is 0.236 e. The average Bonchev–Trinajstić information content (AvgIpc) is 3.39. The molecule has 3 heterocycles. The smallest absolute Gasteiger partial charge is 0.236 e. The number of halogens is 1. The molecule has 0 fully saturated rings. The first-order chi connectivity index (χ1) is 16.3. The molecule has 0 aliphatic heterocycles. The van der Waals surface area contributed by atoms with E-state index in [-0.39, 0.29) is 0 Å². The molecular formula is C28H16BrN3S. The average molecular weight is 506 g/mol. The fraction of sp³-hybridized carbons (Fsp3) is 0. The van der Waals surface area contributed by atoms with E-state index in [2.05, 4.69) is 111 Å². The first-order valence-corrected chi connectivity index (χ1v) is 12.3. The summed E-state index contributed by atoms with van der Waals surface area (Å²) in [6.07, 6.45) is 0. The molecule has 7 rings (SSSR count). The second kappa shape index (κ2) is 7.24. The van der Waals surface area contributed by atoms with Crippen molar-refractivity contribution in [3.05, 3.63) is 102 Å². The van der Waals surface area contributed by atoms with Crippen molar-refractivity contribution in [3.8, 4) is 17.2 Å². The summed E-state index contributed by atoms with van der Waals surface area (Å²) in [6, 6.07) is 33.8. The van der Waals surface area contributed by atoms with Gasteiger partial charge in [0.05, 0.1) is 16.7 Å². The third kappa shape index (κ3) is 2.86. The maximum absolute atomic E-state index is 5.21. The quantitative estimate of drug-likeness (QED) is 0.236. The zero-order valence-corrected chi connectivity index (χ0v) is 19.8. The Morgan fingerprint density at radius 3 is 2.27 bits per heavy atom. The molecule has 0 radical (unpaired) electrons. The molecule has 4 aromatic carbocycles. The van der Waals surface area contributed by atoms with Crippen LogP contribution in [0.3, 0.4) is 0 Å². The molecule has 5 heteroatoms. The first-order valence-electron chi connectivity index (χ1n) is 10.7. The number of hydrogen-bond acceptors (Lipinski definition) is 3. The van der Waals surface area contributed by atoms with Crippen LogP contribution >= 0.6 is 27.3 Å². The SMILES string of the molecule is Brc1ccc2c(c1)c1ccccc1n2-c1nc(-c2ccccc2)c2c(n1)sc1ccccc12. The second-order valence-electron chi connectivity index (χ2n) is 8.03. The highest BCUT2D eigenvalue weighted by molar-refractivity contribution is 9.10. The second-order valence-corrected chi connectivity index (χ2v) is 9.98. The third-order valence-electron chi connectivity index (χ3n) is 6.11. The number of para-hydroxylation sites is 1. The topological polar surface area (TPSA) is 30.7 Å². The molecule has 3 aromatic heterocycles. The summed E-state index contributed by atoms with van der Waals surface area (Å²) >= 11 is 5.36. The van der Waals surface area contributed by atoms with Gasteiger partial charge in [-0.05, 0) is 30.3 Å². The van der Waals surface area contributed by atoms with E-state index in [1.165, 1.54) is 20.9 Å². The molecule has 0 N–H and O–H groups in total. The van der Waals surface area contributed by atoms with Crippen LogP contribution in [-0.2, 0) is 0 Å². The normalized spacial score (nSPS) is 11.8. The minimum Gasteiger partial charge on any atom is -0.278 e. The summed E-state index contributed by atoms with van der Waals surface area (Å²) < 4.78 is 4.47. The number of rotatable bonds is 2. The summed E-state index contributed by atoms with van der Waals surface area (Å²) in [4.78, 5) is 11.3. The van der Waals surface area contributed by atoms with Crippen molar-refractivity contribution < 1.29 is 0 Å². The predicted molar refractivity (Wildman–Crippen MR) is 142 cm³/mol. The van der Waals surface area contributed by atoms with E-state index in [4.69, 9.17) is 9.97 Å². The van der Waals surface area contributed by atoms with Crippen LogP contribution in [0, 0.1) is 0 Å². The van der Waals surface area contributed by atoms with Crippen LogP contribution in [0.15, 0.2) is 102 Å². The van der Waals surface area contributed by atoms with E-state index in [1.54, 1.807) is 11.3 Å². The summed E-state index contributed by atoms with van der Waals surface area (Å²) in [7, 11) is 0. The van der Waals surface area contributed by atoms with Crippen LogP contribution in [0.5, 0.6) is 0 Å². The number of benzene rings is 4. The van der Waals surface area contributed by atoms with Gasteiger partial charge in [-0.15, -0.1) is 11.3 Å². The van der Waals surface area contributed by atoms with Crippen LogP contribution in [0.1, 0.15) is 0 Å². The van der Waals surface area contributed by atoms with Crippen LogP contribution in [0.25, 0.3) is 59.3 Å². The Hall–Kier alpha value is -3.54. The molecular weight excluding hydrogens is 490 g/mol. The number of thiophene rings is 1. The van der Waals surface area contributed by atoms with Crippen LogP contribution in [-0.4, -0.2) is 14.5 Å². The molecule has 0 saturated heterocycles. The maximum atomic E-state index is 5.21. The van der Waals surface area contributed by atoms with Crippen LogP contribution < -0.4 is 0 Å². The van der Waals surface area contributed by atoms with E-state index in [0.29, 0.717) is 5.95 Å². The standard InChI is InChI=1S/C28H16BrN3S/c29-18-14-15-23-21(16-18)19-10-4-6-12-22(19)32(23)28-30-26(17-8-2-1-3-9-17)25-20-11-5-7-13-24(20)33-27(25)31-28/h1-16H. The number of nitrogens with zero attached hydrogens (tertiary/aromatic N) is 3. The van der Waals surface area contributed by atoms with Gasteiger partial charge in [-0.2, -0.15) is 0 Å². The molecule has 0 aliphatic carbocycles. The highest BCUT2D eigenvalue weighted by Gasteiger charge is 2.19. The third-order valence-corrected chi connectivity index (χ3v) is 7.67. The van der Waals surface area contributed by atoms with Gasteiger partial charge < -0.3 is 0 Å². The van der Waals surface area contributed by atoms with Gasteiger partial charge in [0.15, 0.2) is 0 Å². The molecule has 3 nitrogen and oxygen atoms in total. The lowest BCUT2D eigenvalue weighted by atomic mass is 10.1. The van der Waals surface area contributed by atoms with Crippen LogP contribution in [0.2, 0.25) is 0 Å². The summed E-state index contributed by atoms with van der Waals surface area (Å²) in [5.74, 6) is 0.696. The van der Waals surface area contributed by atoms with Gasteiger partial charge in [0.2, 0.25) is 5.95 Å².